The lowest BCUT2D eigenvalue weighted by Crippen LogP contribution is -2.62. The smallest absolute Gasteiger partial charge is 0.254 e. The molecule has 2 amide bonds. The first-order valence-electron chi connectivity index (χ1n) is 9.27. The van der Waals surface area contributed by atoms with Gasteiger partial charge in [0, 0.05) is 44.5 Å². The van der Waals surface area contributed by atoms with Crippen molar-refractivity contribution in [3.8, 4) is 0 Å². The average molecular weight is 343 g/mol. The molecule has 0 aliphatic carbocycles. The van der Waals surface area contributed by atoms with Crippen LogP contribution in [-0.4, -0.2) is 60.4 Å². The van der Waals surface area contributed by atoms with Gasteiger partial charge in [0.15, 0.2) is 0 Å². The molecule has 1 aromatic rings. The normalized spacial score (nSPS) is 23.6. The number of hydrogen-bond acceptors (Lipinski definition) is 3. The summed E-state index contributed by atoms with van der Waals surface area (Å²) in [5.74, 6) is 0.131. The topological polar surface area (TPSA) is 43.9 Å². The molecule has 1 unspecified atom stereocenters. The van der Waals surface area contributed by atoms with Crippen LogP contribution in [-0.2, 0) is 4.79 Å². The van der Waals surface area contributed by atoms with Crippen LogP contribution in [0.2, 0.25) is 0 Å². The van der Waals surface area contributed by atoms with Gasteiger partial charge >= 0.3 is 0 Å². The van der Waals surface area contributed by atoms with E-state index in [1.54, 1.807) is 0 Å². The van der Waals surface area contributed by atoms with E-state index in [1.165, 1.54) is 0 Å². The van der Waals surface area contributed by atoms with E-state index in [0.717, 1.165) is 37.9 Å². The summed E-state index contributed by atoms with van der Waals surface area (Å²) in [7, 11) is 3.96. The predicted octanol–water partition coefficient (Wildman–Crippen LogP) is 2.76. The molecule has 3 rings (SSSR count). The minimum Gasteiger partial charge on any atom is -0.378 e. The second-order valence-corrected chi connectivity index (χ2v) is 7.73. The summed E-state index contributed by atoms with van der Waals surface area (Å²) in [6.07, 6.45) is 3.44. The van der Waals surface area contributed by atoms with Crippen molar-refractivity contribution in [2.75, 3.05) is 32.1 Å². The van der Waals surface area contributed by atoms with E-state index in [9.17, 15) is 9.59 Å². The van der Waals surface area contributed by atoms with Crippen molar-refractivity contribution in [1.29, 1.82) is 0 Å². The molecular formula is C20H29N3O2. The predicted molar refractivity (Wildman–Crippen MR) is 99.9 cm³/mol. The molecule has 0 saturated carbocycles. The molecule has 1 spiro atoms. The Bertz CT molecular complexity index is 653. The van der Waals surface area contributed by atoms with Gasteiger partial charge in [0.05, 0.1) is 0 Å². The highest BCUT2D eigenvalue weighted by Gasteiger charge is 2.53. The van der Waals surface area contributed by atoms with Gasteiger partial charge in [-0.3, -0.25) is 9.59 Å². The lowest BCUT2D eigenvalue weighted by Gasteiger charge is -2.46. The fourth-order valence-electron chi connectivity index (χ4n) is 4.23. The molecule has 0 radical (unpaired) electrons. The van der Waals surface area contributed by atoms with Gasteiger partial charge in [-0.1, -0.05) is 0 Å². The number of rotatable bonds is 3. The molecule has 2 saturated heterocycles. The zero-order chi connectivity index (χ0) is 18.2. The van der Waals surface area contributed by atoms with Crippen molar-refractivity contribution >= 4 is 17.5 Å². The summed E-state index contributed by atoms with van der Waals surface area (Å²) in [5.41, 5.74) is 1.11. The summed E-state index contributed by atoms with van der Waals surface area (Å²) < 4.78 is 0. The molecule has 136 valence electrons. The van der Waals surface area contributed by atoms with Gasteiger partial charge < -0.3 is 14.7 Å². The number of carbonyl (C=O) groups is 2. The second-order valence-electron chi connectivity index (χ2n) is 7.73. The van der Waals surface area contributed by atoms with Crippen LogP contribution in [0.25, 0.3) is 0 Å². The van der Waals surface area contributed by atoms with E-state index < -0.39 is 5.54 Å². The van der Waals surface area contributed by atoms with Gasteiger partial charge in [-0.15, -0.1) is 0 Å². The van der Waals surface area contributed by atoms with Crippen molar-refractivity contribution in [1.82, 2.24) is 9.80 Å². The minimum absolute atomic E-state index is 0.0123. The van der Waals surface area contributed by atoms with Crippen LogP contribution in [0.15, 0.2) is 24.3 Å². The highest BCUT2D eigenvalue weighted by molar-refractivity contribution is 6.00. The number of carbonyl (C=O) groups excluding carboxylic acids is 2. The SMILES string of the molecule is CC(C)N1CCCC2(CCCN2C(=O)c2ccc(N(C)C)cc2)C1=O. The van der Waals surface area contributed by atoms with Crippen LogP contribution < -0.4 is 4.90 Å². The van der Waals surface area contributed by atoms with E-state index in [2.05, 4.69) is 13.8 Å². The Balaban J connectivity index is 1.88. The Morgan fingerprint density at radius 1 is 1.08 bits per heavy atom. The first-order chi connectivity index (χ1) is 11.9. The van der Waals surface area contributed by atoms with Gasteiger partial charge in [0.1, 0.15) is 5.54 Å². The molecule has 5 heteroatoms. The van der Waals surface area contributed by atoms with E-state index in [4.69, 9.17) is 0 Å². The van der Waals surface area contributed by atoms with Gasteiger partial charge in [-0.05, 0) is 63.8 Å². The number of likely N-dealkylation sites (tertiary alicyclic amines) is 2. The van der Waals surface area contributed by atoms with Crippen molar-refractivity contribution in [3.63, 3.8) is 0 Å². The monoisotopic (exact) mass is 343 g/mol. The Labute approximate surface area is 150 Å². The maximum atomic E-state index is 13.2. The zero-order valence-electron chi connectivity index (χ0n) is 15.8. The van der Waals surface area contributed by atoms with Gasteiger partial charge in [0.25, 0.3) is 5.91 Å². The fraction of sp³-hybridized carbons (Fsp3) is 0.600. The first kappa shape index (κ1) is 17.8. The van der Waals surface area contributed by atoms with Crippen molar-refractivity contribution in [2.45, 2.75) is 51.1 Å². The van der Waals surface area contributed by atoms with Crippen molar-refractivity contribution in [3.05, 3.63) is 29.8 Å². The third kappa shape index (κ3) is 3.00. The van der Waals surface area contributed by atoms with E-state index >= 15 is 0 Å². The van der Waals surface area contributed by atoms with Crippen LogP contribution in [0.1, 0.15) is 49.9 Å². The molecule has 1 atom stereocenters. The Kier molecular flexibility index (Phi) is 4.76. The molecule has 2 heterocycles. The number of anilines is 1. The summed E-state index contributed by atoms with van der Waals surface area (Å²) in [6, 6.07) is 7.84. The highest BCUT2D eigenvalue weighted by Crippen LogP contribution is 2.39. The lowest BCUT2D eigenvalue weighted by molar-refractivity contribution is -0.147. The molecule has 5 nitrogen and oxygen atoms in total. The quantitative estimate of drug-likeness (QED) is 0.848. The Morgan fingerprint density at radius 2 is 1.68 bits per heavy atom. The van der Waals surface area contributed by atoms with Crippen LogP contribution in [0.4, 0.5) is 5.69 Å². The average Bonchev–Trinajstić information content (AvgIpc) is 3.01. The summed E-state index contributed by atoms with van der Waals surface area (Å²) in [5, 5.41) is 0. The summed E-state index contributed by atoms with van der Waals surface area (Å²) in [6.45, 7) is 5.58. The van der Waals surface area contributed by atoms with Crippen LogP contribution in [0.3, 0.4) is 0 Å². The second kappa shape index (κ2) is 6.70. The Morgan fingerprint density at radius 3 is 2.24 bits per heavy atom. The molecule has 2 aliphatic rings. The van der Waals surface area contributed by atoms with Crippen LogP contribution in [0, 0.1) is 0 Å². The van der Waals surface area contributed by atoms with Crippen LogP contribution >= 0.6 is 0 Å². The maximum absolute atomic E-state index is 13.2. The summed E-state index contributed by atoms with van der Waals surface area (Å²) >= 11 is 0. The highest BCUT2D eigenvalue weighted by atomic mass is 16.2. The number of piperidine rings is 1. The lowest BCUT2D eigenvalue weighted by atomic mass is 9.84. The van der Waals surface area contributed by atoms with Gasteiger partial charge in [-0.2, -0.15) is 0 Å². The van der Waals surface area contributed by atoms with E-state index in [-0.39, 0.29) is 17.9 Å². The van der Waals surface area contributed by atoms with E-state index in [1.807, 2.05) is 53.1 Å². The molecule has 2 fully saturated rings. The van der Waals surface area contributed by atoms with Crippen molar-refractivity contribution < 1.29 is 9.59 Å². The van der Waals surface area contributed by atoms with Crippen molar-refractivity contribution in [2.24, 2.45) is 0 Å². The minimum atomic E-state index is -0.625. The largest absolute Gasteiger partial charge is 0.378 e. The number of amides is 2. The van der Waals surface area contributed by atoms with E-state index in [0.29, 0.717) is 12.1 Å². The van der Waals surface area contributed by atoms with Gasteiger partial charge in [0.2, 0.25) is 5.91 Å². The molecule has 1 aromatic carbocycles. The zero-order valence-corrected chi connectivity index (χ0v) is 15.8. The molecule has 0 bridgehead atoms. The number of hydrogen-bond donors (Lipinski definition) is 0. The fourth-order valence-corrected chi connectivity index (χ4v) is 4.23. The summed E-state index contributed by atoms with van der Waals surface area (Å²) in [4.78, 5) is 32.2. The standard InChI is InChI=1S/C20H29N3O2/c1-15(2)22-13-5-11-20(19(22)25)12-6-14-23(20)18(24)16-7-9-17(10-8-16)21(3)4/h7-10,15H,5-6,11-14H2,1-4H3. The molecule has 0 N–H and O–H groups in total. The molecule has 25 heavy (non-hydrogen) atoms. The van der Waals surface area contributed by atoms with Crippen LogP contribution in [0.5, 0.6) is 0 Å². The Hall–Kier alpha value is -2.04. The number of nitrogens with zero attached hydrogens (tertiary/aromatic N) is 3. The van der Waals surface area contributed by atoms with Gasteiger partial charge in [-0.25, -0.2) is 0 Å². The maximum Gasteiger partial charge on any atom is 0.254 e. The first-order valence-corrected chi connectivity index (χ1v) is 9.27. The molecule has 2 aliphatic heterocycles. The third-order valence-electron chi connectivity index (χ3n) is 5.64. The molecule has 0 aromatic heterocycles. The molecular weight excluding hydrogens is 314 g/mol. The third-order valence-corrected chi connectivity index (χ3v) is 5.64. The number of benzene rings is 1.